The number of thiazole rings is 1. The highest BCUT2D eigenvalue weighted by Crippen LogP contribution is 2.33. The molecule has 0 fully saturated rings. The van der Waals surface area contributed by atoms with Gasteiger partial charge in [0.05, 0.1) is 19.9 Å². The van der Waals surface area contributed by atoms with Crippen molar-refractivity contribution in [3.05, 3.63) is 89.6 Å². The van der Waals surface area contributed by atoms with Crippen LogP contribution >= 0.6 is 11.3 Å². The van der Waals surface area contributed by atoms with Crippen LogP contribution in [0.15, 0.2) is 78.2 Å². The van der Waals surface area contributed by atoms with E-state index in [9.17, 15) is 9.18 Å². The number of aromatic nitrogens is 1. The van der Waals surface area contributed by atoms with Gasteiger partial charge in [-0.25, -0.2) is 9.37 Å². The molecule has 1 heterocycles. The fourth-order valence-corrected chi connectivity index (χ4v) is 4.17. The minimum atomic E-state index is -0.308. The quantitative estimate of drug-likeness (QED) is 0.349. The molecule has 0 bridgehead atoms. The number of rotatable bonds is 9. The minimum Gasteiger partial charge on any atom is -0.497 e. The van der Waals surface area contributed by atoms with E-state index in [1.807, 2.05) is 58.8 Å². The molecule has 8 heteroatoms. The van der Waals surface area contributed by atoms with Crippen molar-refractivity contribution in [1.29, 1.82) is 0 Å². The van der Waals surface area contributed by atoms with Crippen LogP contribution < -0.4 is 19.7 Å². The lowest BCUT2D eigenvalue weighted by molar-refractivity contribution is -0.119. The van der Waals surface area contributed by atoms with Crippen molar-refractivity contribution >= 4 is 28.1 Å². The third-order valence-electron chi connectivity index (χ3n) is 5.20. The summed E-state index contributed by atoms with van der Waals surface area (Å²) in [6.07, 6.45) is 0. The molecule has 0 saturated heterocycles. The lowest BCUT2D eigenvalue weighted by atomic mass is 10.2. The summed E-state index contributed by atoms with van der Waals surface area (Å²) in [5, 5.41) is 5.55. The topological polar surface area (TPSA) is 63.7 Å². The predicted molar refractivity (Wildman–Crippen MR) is 132 cm³/mol. The van der Waals surface area contributed by atoms with Crippen LogP contribution in [-0.4, -0.2) is 31.7 Å². The van der Waals surface area contributed by atoms with Gasteiger partial charge in [-0.15, -0.1) is 11.3 Å². The normalized spacial score (nSPS) is 10.6. The van der Waals surface area contributed by atoms with E-state index in [4.69, 9.17) is 14.5 Å². The SMILES string of the molecule is COc1ccc(-c2csc(N(CC(=O)NCc3ccc(F)cc3)c3ccc(OC)cc3)n2)cc1. The standard InChI is InChI=1S/C26H24FN3O3S/c1-32-22-11-5-19(6-12-22)24-17-34-26(29-24)30(21-9-13-23(33-2)14-10-21)16-25(31)28-15-18-3-7-20(27)8-4-18/h3-14,17H,15-16H2,1-2H3,(H,28,31). The second kappa shape index (κ2) is 10.8. The summed E-state index contributed by atoms with van der Waals surface area (Å²) in [6, 6.07) is 21.2. The molecule has 34 heavy (non-hydrogen) atoms. The van der Waals surface area contributed by atoms with Crippen molar-refractivity contribution in [2.45, 2.75) is 6.54 Å². The van der Waals surface area contributed by atoms with Crippen LogP contribution in [0.2, 0.25) is 0 Å². The summed E-state index contributed by atoms with van der Waals surface area (Å²) >= 11 is 1.46. The molecule has 4 rings (SSSR count). The first-order valence-corrected chi connectivity index (χ1v) is 11.5. The van der Waals surface area contributed by atoms with Gasteiger partial charge in [-0.3, -0.25) is 4.79 Å². The smallest absolute Gasteiger partial charge is 0.240 e. The maximum Gasteiger partial charge on any atom is 0.240 e. The zero-order valence-electron chi connectivity index (χ0n) is 18.8. The summed E-state index contributed by atoms with van der Waals surface area (Å²) in [5.74, 6) is 1.01. The van der Waals surface area contributed by atoms with E-state index in [1.165, 1.54) is 23.5 Å². The molecule has 0 saturated carbocycles. The molecule has 0 aliphatic heterocycles. The number of hydrogen-bond acceptors (Lipinski definition) is 6. The van der Waals surface area contributed by atoms with Gasteiger partial charge in [0, 0.05) is 23.2 Å². The number of benzene rings is 3. The number of carbonyl (C=O) groups is 1. The summed E-state index contributed by atoms with van der Waals surface area (Å²) in [4.78, 5) is 19.5. The van der Waals surface area contributed by atoms with Crippen LogP contribution in [0.4, 0.5) is 15.2 Å². The monoisotopic (exact) mass is 477 g/mol. The van der Waals surface area contributed by atoms with Gasteiger partial charge in [0.2, 0.25) is 5.91 Å². The van der Waals surface area contributed by atoms with Crippen molar-refractivity contribution < 1.29 is 18.7 Å². The first-order chi connectivity index (χ1) is 16.6. The van der Waals surface area contributed by atoms with Crippen LogP contribution in [-0.2, 0) is 11.3 Å². The Kier molecular flexibility index (Phi) is 7.39. The molecular weight excluding hydrogens is 453 g/mol. The Labute approximate surface area is 201 Å². The largest absolute Gasteiger partial charge is 0.497 e. The van der Waals surface area contributed by atoms with E-state index in [1.54, 1.807) is 26.4 Å². The fraction of sp³-hybridized carbons (Fsp3) is 0.154. The Morgan fingerprint density at radius 3 is 2.18 bits per heavy atom. The Morgan fingerprint density at radius 2 is 1.56 bits per heavy atom. The van der Waals surface area contributed by atoms with Crippen molar-refractivity contribution in [1.82, 2.24) is 10.3 Å². The molecule has 0 aliphatic carbocycles. The predicted octanol–water partition coefficient (Wildman–Crippen LogP) is 5.42. The molecule has 3 aromatic carbocycles. The third kappa shape index (κ3) is 5.71. The molecule has 0 aliphatic rings. The van der Waals surface area contributed by atoms with Crippen LogP contribution in [0.5, 0.6) is 11.5 Å². The molecule has 1 amide bonds. The van der Waals surface area contributed by atoms with Gasteiger partial charge in [0.1, 0.15) is 23.9 Å². The first-order valence-electron chi connectivity index (χ1n) is 10.6. The van der Waals surface area contributed by atoms with E-state index in [0.717, 1.165) is 34.0 Å². The minimum absolute atomic E-state index is 0.0725. The highest BCUT2D eigenvalue weighted by molar-refractivity contribution is 7.14. The van der Waals surface area contributed by atoms with Crippen LogP contribution in [0.3, 0.4) is 0 Å². The van der Waals surface area contributed by atoms with Crippen molar-refractivity contribution in [2.75, 3.05) is 25.7 Å². The van der Waals surface area contributed by atoms with Gasteiger partial charge in [-0.05, 0) is 66.2 Å². The van der Waals surface area contributed by atoms with E-state index in [-0.39, 0.29) is 18.3 Å². The Balaban J connectivity index is 1.54. The molecule has 174 valence electrons. The summed E-state index contributed by atoms with van der Waals surface area (Å²) < 4.78 is 23.6. The number of halogens is 1. The van der Waals surface area contributed by atoms with Crippen molar-refractivity contribution in [3.63, 3.8) is 0 Å². The molecule has 6 nitrogen and oxygen atoms in total. The molecule has 0 radical (unpaired) electrons. The lowest BCUT2D eigenvalue weighted by Gasteiger charge is -2.22. The zero-order chi connectivity index (χ0) is 23.9. The highest BCUT2D eigenvalue weighted by atomic mass is 32.1. The number of ether oxygens (including phenoxy) is 2. The van der Waals surface area contributed by atoms with Gasteiger partial charge in [0.25, 0.3) is 0 Å². The molecule has 4 aromatic rings. The summed E-state index contributed by atoms with van der Waals surface area (Å²) in [6.45, 7) is 0.383. The first kappa shape index (κ1) is 23.3. The zero-order valence-corrected chi connectivity index (χ0v) is 19.6. The Bertz CT molecular complexity index is 1230. The van der Waals surface area contributed by atoms with E-state index >= 15 is 0 Å². The van der Waals surface area contributed by atoms with Gasteiger partial charge in [-0.1, -0.05) is 12.1 Å². The van der Waals surface area contributed by atoms with Gasteiger partial charge in [0.15, 0.2) is 5.13 Å². The highest BCUT2D eigenvalue weighted by Gasteiger charge is 2.18. The number of hydrogen-bond donors (Lipinski definition) is 1. The fourth-order valence-electron chi connectivity index (χ4n) is 3.32. The van der Waals surface area contributed by atoms with Crippen LogP contribution in [0.1, 0.15) is 5.56 Å². The van der Waals surface area contributed by atoms with Gasteiger partial charge in [-0.2, -0.15) is 0 Å². The van der Waals surface area contributed by atoms with Crippen molar-refractivity contribution in [3.8, 4) is 22.8 Å². The second-order valence-corrected chi connectivity index (χ2v) is 8.27. The molecule has 1 aromatic heterocycles. The van der Waals surface area contributed by atoms with Gasteiger partial charge < -0.3 is 19.7 Å². The summed E-state index contributed by atoms with van der Waals surface area (Å²) in [5.41, 5.74) is 3.40. The number of amides is 1. The molecular formula is C26H24FN3O3S. The molecule has 0 spiro atoms. The average molecular weight is 478 g/mol. The molecule has 0 unspecified atom stereocenters. The third-order valence-corrected chi connectivity index (χ3v) is 6.06. The number of methoxy groups -OCH3 is 2. The van der Waals surface area contributed by atoms with E-state index in [2.05, 4.69) is 5.32 Å². The maximum absolute atomic E-state index is 13.1. The lowest BCUT2D eigenvalue weighted by Crippen LogP contribution is -2.34. The Morgan fingerprint density at radius 1 is 0.941 bits per heavy atom. The van der Waals surface area contributed by atoms with Gasteiger partial charge >= 0.3 is 0 Å². The van der Waals surface area contributed by atoms with Crippen molar-refractivity contribution in [2.24, 2.45) is 0 Å². The van der Waals surface area contributed by atoms with Crippen LogP contribution in [0, 0.1) is 5.82 Å². The number of carbonyl (C=O) groups excluding carboxylic acids is 1. The molecule has 1 N–H and O–H groups in total. The van der Waals surface area contributed by atoms with E-state index in [0.29, 0.717) is 11.7 Å². The Hall–Kier alpha value is -3.91. The second-order valence-electron chi connectivity index (χ2n) is 7.43. The van der Waals surface area contributed by atoms with E-state index < -0.39 is 0 Å². The maximum atomic E-state index is 13.1. The molecule has 0 atom stereocenters. The van der Waals surface area contributed by atoms with Crippen LogP contribution in [0.25, 0.3) is 11.3 Å². The average Bonchev–Trinajstić information content (AvgIpc) is 3.37. The number of nitrogens with one attached hydrogen (secondary N) is 1. The number of anilines is 2. The number of nitrogens with zero attached hydrogens (tertiary/aromatic N) is 2. The summed E-state index contributed by atoms with van der Waals surface area (Å²) in [7, 11) is 3.24.